The SMILES string of the molecule is COc1ccc(OCCNC(=O)CCCc2ccc(F)cc2)cc1. The van der Waals surface area contributed by atoms with E-state index in [2.05, 4.69) is 5.32 Å². The fourth-order valence-electron chi connectivity index (χ4n) is 2.22. The van der Waals surface area contributed by atoms with Crippen LogP contribution in [0, 0.1) is 5.82 Å². The van der Waals surface area contributed by atoms with Crippen LogP contribution in [0.4, 0.5) is 4.39 Å². The number of hydrogen-bond donors (Lipinski definition) is 1. The molecule has 1 amide bonds. The van der Waals surface area contributed by atoms with Crippen LogP contribution in [-0.2, 0) is 11.2 Å². The van der Waals surface area contributed by atoms with Crippen molar-refractivity contribution in [2.24, 2.45) is 0 Å². The van der Waals surface area contributed by atoms with Gasteiger partial charge in [0.05, 0.1) is 13.7 Å². The average molecular weight is 331 g/mol. The summed E-state index contributed by atoms with van der Waals surface area (Å²) >= 11 is 0. The normalized spacial score (nSPS) is 10.2. The largest absolute Gasteiger partial charge is 0.497 e. The Labute approximate surface area is 141 Å². The molecule has 1 N–H and O–H groups in total. The van der Waals surface area contributed by atoms with Crippen LogP contribution in [0.15, 0.2) is 48.5 Å². The molecule has 5 heteroatoms. The maximum absolute atomic E-state index is 12.8. The van der Waals surface area contributed by atoms with E-state index in [9.17, 15) is 9.18 Å². The van der Waals surface area contributed by atoms with Gasteiger partial charge >= 0.3 is 0 Å². The standard InChI is InChI=1S/C19H22FNO3/c1-23-17-9-11-18(12-10-17)24-14-13-21-19(22)4-2-3-15-5-7-16(20)8-6-15/h5-12H,2-4,13-14H2,1H3,(H,21,22). The second-order valence-electron chi connectivity index (χ2n) is 5.35. The maximum atomic E-state index is 12.8. The third-order valence-corrected chi connectivity index (χ3v) is 3.53. The van der Waals surface area contributed by atoms with Crippen molar-refractivity contribution in [3.8, 4) is 11.5 Å². The van der Waals surface area contributed by atoms with E-state index in [0.29, 0.717) is 19.6 Å². The third kappa shape index (κ3) is 6.28. The van der Waals surface area contributed by atoms with Crippen molar-refractivity contribution in [1.82, 2.24) is 5.32 Å². The topological polar surface area (TPSA) is 47.6 Å². The number of aryl methyl sites for hydroxylation is 1. The number of ether oxygens (including phenoxy) is 2. The van der Waals surface area contributed by atoms with Gasteiger partial charge in [-0.1, -0.05) is 12.1 Å². The minimum Gasteiger partial charge on any atom is -0.497 e. The summed E-state index contributed by atoms with van der Waals surface area (Å²) in [5, 5.41) is 2.82. The summed E-state index contributed by atoms with van der Waals surface area (Å²) in [4.78, 5) is 11.7. The molecule has 0 aliphatic carbocycles. The molecule has 0 saturated carbocycles. The summed E-state index contributed by atoms with van der Waals surface area (Å²) in [6.45, 7) is 0.872. The summed E-state index contributed by atoms with van der Waals surface area (Å²) in [5.41, 5.74) is 1.03. The lowest BCUT2D eigenvalue weighted by molar-refractivity contribution is -0.121. The lowest BCUT2D eigenvalue weighted by atomic mass is 10.1. The van der Waals surface area contributed by atoms with Gasteiger partial charge in [0.1, 0.15) is 23.9 Å². The lowest BCUT2D eigenvalue weighted by Crippen LogP contribution is -2.27. The third-order valence-electron chi connectivity index (χ3n) is 3.53. The molecule has 2 aromatic carbocycles. The van der Waals surface area contributed by atoms with Crippen LogP contribution >= 0.6 is 0 Å². The van der Waals surface area contributed by atoms with E-state index in [4.69, 9.17) is 9.47 Å². The first-order valence-electron chi connectivity index (χ1n) is 7.95. The van der Waals surface area contributed by atoms with Gasteiger partial charge in [0.15, 0.2) is 0 Å². The predicted octanol–water partition coefficient (Wildman–Crippen LogP) is 3.35. The smallest absolute Gasteiger partial charge is 0.220 e. The highest BCUT2D eigenvalue weighted by Crippen LogP contribution is 2.16. The van der Waals surface area contributed by atoms with E-state index in [0.717, 1.165) is 29.9 Å². The molecule has 24 heavy (non-hydrogen) atoms. The first-order valence-corrected chi connectivity index (χ1v) is 7.95. The molecule has 0 aromatic heterocycles. The zero-order valence-electron chi connectivity index (χ0n) is 13.8. The molecule has 0 unspecified atom stereocenters. The molecule has 0 atom stereocenters. The van der Waals surface area contributed by atoms with Gasteiger partial charge in [-0.25, -0.2) is 4.39 Å². The number of methoxy groups -OCH3 is 1. The predicted molar refractivity (Wildman–Crippen MR) is 90.8 cm³/mol. The Morgan fingerprint density at radius 1 is 1.04 bits per heavy atom. The van der Waals surface area contributed by atoms with Gasteiger partial charge in [-0.05, 0) is 54.8 Å². The number of carbonyl (C=O) groups excluding carboxylic acids is 1. The molecule has 0 spiro atoms. The number of carbonyl (C=O) groups is 1. The van der Waals surface area contributed by atoms with Crippen molar-refractivity contribution in [3.05, 3.63) is 59.9 Å². The van der Waals surface area contributed by atoms with Gasteiger partial charge in [0.2, 0.25) is 5.91 Å². The van der Waals surface area contributed by atoms with Crippen LogP contribution in [-0.4, -0.2) is 26.2 Å². The number of amides is 1. The van der Waals surface area contributed by atoms with Crippen molar-refractivity contribution in [1.29, 1.82) is 0 Å². The quantitative estimate of drug-likeness (QED) is 0.717. The number of hydrogen-bond acceptors (Lipinski definition) is 3. The minimum atomic E-state index is -0.242. The molecule has 0 heterocycles. The van der Waals surface area contributed by atoms with Crippen molar-refractivity contribution in [3.63, 3.8) is 0 Å². The molecule has 0 bridgehead atoms. The van der Waals surface area contributed by atoms with Gasteiger partial charge in [-0.3, -0.25) is 4.79 Å². The lowest BCUT2D eigenvalue weighted by Gasteiger charge is -2.08. The molecular formula is C19H22FNO3. The van der Waals surface area contributed by atoms with Crippen molar-refractivity contribution < 1.29 is 18.7 Å². The van der Waals surface area contributed by atoms with Crippen LogP contribution in [0.1, 0.15) is 18.4 Å². The maximum Gasteiger partial charge on any atom is 0.220 e. The van der Waals surface area contributed by atoms with E-state index in [1.54, 1.807) is 19.2 Å². The Morgan fingerprint density at radius 2 is 1.71 bits per heavy atom. The second-order valence-corrected chi connectivity index (χ2v) is 5.35. The zero-order chi connectivity index (χ0) is 17.2. The summed E-state index contributed by atoms with van der Waals surface area (Å²) in [7, 11) is 1.61. The Hall–Kier alpha value is -2.56. The highest BCUT2D eigenvalue weighted by molar-refractivity contribution is 5.75. The van der Waals surface area contributed by atoms with Crippen molar-refractivity contribution >= 4 is 5.91 Å². The molecule has 2 rings (SSSR count). The Balaban J connectivity index is 1.56. The molecule has 0 aliphatic heterocycles. The molecule has 0 radical (unpaired) electrons. The van der Waals surface area contributed by atoms with E-state index in [-0.39, 0.29) is 11.7 Å². The molecule has 2 aromatic rings. The summed E-state index contributed by atoms with van der Waals surface area (Å²) in [6, 6.07) is 13.7. The molecule has 0 saturated heterocycles. The van der Waals surface area contributed by atoms with E-state index in [1.165, 1.54) is 12.1 Å². The first-order chi connectivity index (χ1) is 11.7. The van der Waals surface area contributed by atoms with Crippen LogP contribution in [0.25, 0.3) is 0 Å². The highest BCUT2D eigenvalue weighted by atomic mass is 19.1. The molecule has 128 valence electrons. The van der Waals surface area contributed by atoms with Crippen molar-refractivity contribution in [2.75, 3.05) is 20.3 Å². The van der Waals surface area contributed by atoms with Gasteiger partial charge in [-0.2, -0.15) is 0 Å². The van der Waals surface area contributed by atoms with Gasteiger partial charge < -0.3 is 14.8 Å². The van der Waals surface area contributed by atoms with Crippen LogP contribution in [0.5, 0.6) is 11.5 Å². The van der Waals surface area contributed by atoms with Crippen molar-refractivity contribution in [2.45, 2.75) is 19.3 Å². The fraction of sp³-hybridized carbons (Fsp3) is 0.316. The second kappa shape index (κ2) is 9.55. The number of halogens is 1. The minimum absolute atomic E-state index is 0.00422. The van der Waals surface area contributed by atoms with Gasteiger partial charge in [-0.15, -0.1) is 0 Å². The monoisotopic (exact) mass is 331 g/mol. The summed E-state index contributed by atoms with van der Waals surface area (Å²) in [6.07, 6.45) is 1.94. The van der Waals surface area contributed by atoms with Crippen LogP contribution in [0.2, 0.25) is 0 Å². The average Bonchev–Trinajstić information content (AvgIpc) is 2.61. The zero-order valence-corrected chi connectivity index (χ0v) is 13.8. The Bertz CT molecular complexity index is 626. The highest BCUT2D eigenvalue weighted by Gasteiger charge is 2.02. The molecular weight excluding hydrogens is 309 g/mol. The molecule has 4 nitrogen and oxygen atoms in total. The summed E-state index contributed by atoms with van der Waals surface area (Å²) < 4.78 is 23.4. The number of benzene rings is 2. The molecule has 0 aliphatic rings. The number of rotatable bonds is 9. The van der Waals surface area contributed by atoms with Gasteiger partial charge in [0.25, 0.3) is 0 Å². The number of nitrogens with one attached hydrogen (secondary N) is 1. The van der Waals surface area contributed by atoms with E-state index in [1.807, 2.05) is 24.3 Å². The van der Waals surface area contributed by atoms with E-state index < -0.39 is 0 Å². The van der Waals surface area contributed by atoms with Crippen LogP contribution in [0.3, 0.4) is 0 Å². The van der Waals surface area contributed by atoms with Crippen LogP contribution < -0.4 is 14.8 Å². The Morgan fingerprint density at radius 3 is 2.38 bits per heavy atom. The first kappa shape index (κ1) is 17.8. The Kier molecular flexibility index (Phi) is 7.08. The molecule has 0 fully saturated rings. The fourth-order valence-corrected chi connectivity index (χ4v) is 2.22. The summed E-state index contributed by atoms with van der Waals surface area (Å²) in [5.74, 6) is 1.27. The van der Waals surface area contributed by atoms with Gasteiger partial charge in [0, 0.05) is 6.42 Å². The van der Waals surface area contributed by atoms with E-state index >= 15 is 0 Å².